The molecule has 23 heavy (non-hydrogen) atoms. The Morgan fingerprint density at radius 1 is 1.13 bits per heavy atom. The van der Waals surface area contributed by atoms with Crippen LogP contribution in [0.3, 0.4) is 0 Å². The van der Waals surface area contributed by atoms with Gasteiger partial charge in [0.2, 0.25) is 5.91 Å². The predicted octanol–water partition coefficient (Wildman–Crippen LogP) is 0.0791. The van der Waals surface area contributed by atoms with Gasteiger partial charge in [0.25, 0.3) is 5.56 Å². The lowest BCUT2D eigenvalue weighted by atomic mass is 10.2. The van der Waals surface area contributed by atoms with E-state index >= 15 is 0 Å². The number of imidazole rings is 1. The summed E-state index contributed by atoms with van der Waals surface area (Å²) in [5.74, 6) is -0.0924. The summed E-state index contributed by atoms with van der Waals surface area (Å²) in [5.41, 5.74) is -0.346. The van der Waals surface area contributed by atoms with Crippen LogP contribution in [-0.2, 0) is 25.4 Å². The normalized spacial score (nSPS) is 11.7. The van der Waals surface area contributed by atoms with E-state index < -0.39 is 11.2 Å². The Morgan fingerprint density at radius 3 is 2.22 bits per heavy atom. The van der Waals surface area contributed by atoms with Crippen LogP contribution in [0, 0.1) is 0 Å². The van der Waals surface area contributed by atoms with Crippen molar-refractivity contribution < 1.29 is 4.79 Å². The number of fused-ring (bicyclic) bond motifs is 1. The molecule has 0 saturated heterocycles. The van der Waals surface area contributed by atoms with Crippen LogP contribution in [0.4, 0.5) is 0 Å². The number of nitrogens with zero attached hydrogens (tertiary/aromatic N) is 5. The Morgan fingerprint density at radius 2 is 1.70 bits per heavy atom. The number of hydrogen-bond acceptors (Lipinski definition) is 4. The lowest BCUT2D eigenvalue weighted by Crippen LogP contribution is -2.44. The topological polar surface area (TPSA) is 82.1 Å². The van der Waals surface area contributed by atoms with Gasteiger partial charge in [0.15, 0.2) is 11.2 Å². The number of rotatable bonds is 4. The summed E-state index contributed by atoms with van der Waals surface area (Å²) in [5, 5.41) is 0. The molecule has 0 unspecified atom stereocenters. The van der Waals surface area contributed by atoms with E-state index in [4.69, 9.17) is 0 Å². The molecule has 1 amide bonds. The van der Waals surface area contributed by atoms with Crippen LogP contribution in [0.1, 0.15) is 27.7 Å². The van der Waals surface area contributed by atoms with E-state index in [1.54, 1.807) is 11.9 Å². The summed E-state index contributed by atoms with van der Waals surface area (Å²) in [4.78, 5) is 42.8. The maximum atomic E-state index is 12.6. The summed E-state index contributed by atoms with van der Waals surface area (Å²) < 4.78 is 3.84. The van der Waals surface area contributed by atoms with Gasteiger partial charge in [-0.05, 0) is 27.7 Å². The average molecular weight is 321 g/mol. The van der Waals surface area contributed by atoms with Gasteiger partial charge >= 0.3 is 5.69 Å². The monoisotopic (exact) mass is 321 g/mol. The smallest absolute Gasteiger partial charge is 0.332 e. The van der Waals surface area contributed by atoms with E-state index in [2.05, 4.69) is 4.98 Å². The summed E-state index contributed by atoms with van der Waals surface area (Å²) in [6.07, 6.45) is 1.43. The van der Waals surface area contributed by atoms with E-state index in [0.717, 1.165) is 4.57 Å². The van der Waals surface area contributed by atoms with Crippen molar-refractivity contribution in [2.75, 3.05) is 0 Å². The van der Waals surface area contributed by atoms with Gasteiger partial charge in [-0.3, -0.25) is 18.7 Å². The molecule has 2 rings (SSSR count). The number of amides is 1. The van der Waals surface area contributed by atoms with Crippen molar-refractivity contribution in [3.63, 3.8) is 0 Å². The first-order valence-electron chi connectivity index (χ1n) is 7.58. The summed E-state index contributed by atoms with van der Waals surface area (Å²) in [6.45, 7) is 7.82. The quantitative estimate of drug-likeness (QED) is 0.798. The highest BCUT2D eigenvalue weighted by atomic mass is 16.2. The van der Waals surface area contributed by atoms with Crippen molar-refractivity contribution in [1.82, 2.24) is 23.6 Å². The van der Waals surface area contributed by atoms with E-state index in [0.29, 0.717) is 0 Å². The average Bonchev–Trinajstić information content (AvgIpc) is 2.85. The third-order valence-corrected chi connectivity index (χ3v) is 3.92. The maximum Gasteiger partial charge on any atom is 0.332 e. The molecule has 0 aliphatic heterocycles. The molecule has 126 valence electrons. The van der Waals surface area contributed by atoms with E-state index in [1.165, 1.54) is 22.5 Å². The van der Waals surface area contributed by atoms with Crippen molar-refractivity contribution in [3.05, 3.63) is 27.2 Å². The van der Waals surface area contributed by atoms with Crippen molar-refractivity contribution in [3.8, 4) is 0 Å². The van der Waals surface area contributed by atoms with Crippen molar-refractivity contribution in [2.45, 2.75) is 46.3 Å². The first-order valence-corrected chi connectivity index (χ1v) is 7.58. The SMILES string of the molecule is CC(C)N(C(=O)Cn1cnc2c1c(=O)n(C)c(=O)n2C)C(C)C. The lowest BCUT2D eigenvalue weighted by molar-refractivity contribution is -0.135. The summed E-state index contributed by atoms with van der Waals surface area (Å²) >= 11 is 0. The molecule has 0 spiro atoms. The fourth-order valence-electron chi connectivity index (χ4n) is 2.92. The molecule has 0 atom stereocenters. The molecule has 2 heterocycles. The molecule has 0 fully saturated rings. The van der Waals surface area contributed by atoms with Crippen LogP contribution in [0.2, 0.25) is 0 Å². The van der Waals surface area contributed by atoms with E-state index in [1.807, 2.05) is 27.7 Å². The van der Waals surface area contributed by atoms with Gasteiger partial charge in [-0.25, -0.2) is 9.78 Å². The first kappa shape index (κ1) is 17.0. The maximum absolute atomic E-state index is 12.6. The molecule has 0 N–H and O–H groups in total. The van der Waals surface area contributed by atoms with Crippen molar-refractivity contribution >= 4 is 17.1 Å². The Bertz CT molecular complexity index is 848. The number of aromatic nitrogens is 4. The molecule has 0 aliphatic carbocycles. The van der Waals surface area contributed by atoms with Crippen LogP contribution >= 0.6 is 0 Å². The van der Waals surface area contributed by atoms with Gasteiger partial charge in [-0.15, -0.1) is 0 Å². The second kappa shape index (κ2) is 6.02. The largest absolute Gasteiger partial charge is 0.336 e. The highest BCUT2D eigenvalue weighted by Gasteiger charge is 2.22. The zero-order valence-corrected chi connectivity index (χ0v) is 14.4. The van der Waals surface area contributed by atoms with Crippen LogP contribution in [-0.4, -0.2) is 41.6 Å². The minimum Gasteiger partial charge on any atom is -0.336 e. The van der Waals surface area contributed by atoms with Crippen LogP contribution < -0.4 is 11.2 Å². The molecule has 0 aliphatic rings. The fourth-order valence-corrected chi connectivity index (χ4v) is 2.92. The van der Waals surface area contributed by atoms with Gasteiger partial charge in [-0.1, -0.05) is 0 Å². The van der Waals surface area contributed by atoms with Gasteiger partial charge < -0.3 is 9.47 Å². The summed E-state index contributed by atoms with van der Waals surface area (Å²) in [7, 11) is 2.97. The molecule has 2 aromatic rings. The molecule has 0 bridgehead atoms. The zero-order chi connectivity index (χ0) is 17.5. The van der Waals surface area contributed by atoms with Crippen LogP contribution in [0.25, 0.3) is 11.2 Å². The highest BCUT2D eigenvalue weighted by molar-refractivity contribution is 5.79. The van der Waals surface area contributed by atoms with Crippen LogP contribution in [0.15, 0.2) is 15.9 Å². The third kappa shape index (κ3) is 2.80. The Balaban J connectivity index is 2.53. The van der Waals surface area contributed by atoms with Crippen LogP contribution in [0.5, 0.6) is 0 Å². The van der Waals surface area contributed by atoms with E-state index in [-0.39, 0.29) is 35.7 Å². The minimum atomic E-state index is -0.450. The highest BCUT2D eigenvalue weighted by Crippen LogP contribution is 2.10. The van der Waals surface area contributed by atoms with Crippen molar-refractivity contribution in [2.24, 2.45) is 14.1 Å². The molecule has 8 heteroatoms. The number of carbonyl (C=O) groups excluding carboxylic acids is 1. The second-order valence-electron chi connectivity index (χ2n) is 6.24. The predicted molar refractivity (Wildman–Crippen MR) is 87.3 cm³/mol. The van der Waals surface area contributed by atoms with E-state index in [9.17, 15) is 14.4 Å². The molecule has 0 radical (unpaired) electrons. The Labute approximate surface area is 134 Å². The molecule has 0 saturated carbocycles. The first-order chi connectivity index (χ1) is 10.7. The zero-order valence-electron chi connectivity index (χ0n) is 14.4. The molecular formula is C15H23N5O3. The van der Waals surface area contributed by atoms with Gasteiger partial charge in [0, 0.05) is 26.2 Å². The molecule has 2 aromatic heterocycles. The summed E-state index contributed by atoms with van der Waals surface area (Å²) in [6, 6.07) is 0.119. The number of hydrogen-bond donors (Lipinski definition) is 0. The fraction of sp³-hybridized carbons (Fsp3) is 0.600. The Kier molecular flexibility index (Phi) is 4.44. The standard InChI is InChI=1S/C15H23N5O3/c1-9(2)20(10(3)4)11(21)7-19-8-16-13-12(19)14(22)18(6)15(23)17(13)5/h8-10H,7H2,1-6H3. The number of carbonyl (C=O) groups is 1. The minimum absolute atomic E-state index is 0.0142. The third-order valence-electron chi connectivity index (χ3n) is 3.92. The van der Waals surface area contributed by atoms with Gasteiger partial charge in [0.1, 0.15) is 6.54 Å². The van der Waals surface area contributed by atoms with Crippen molar-refractivity contribution in [1.29, 1.82) is 0 Å². The molecule has 0 aromatic carbocycles. The lowest BCUT2D eigenvalue weighted by Gasteiger charge is -2.31. The second-order valence-corrected chi connectivity index (χ2v) is 6.24. The number of aryl methyl sites for hydroxylation is 1. The van der Waals surface area contributed by atoms with Gasteiger partial charge in [0.05, 0.1) is 6.33 Å². The Hall–Kier alpha value is -2.38. The molecular weight excluding hydrogens is 298 g/mol. The molecule has 8 nitrogen and oxygen atoms in total. The van der Waals surface area contributed by atoms with Gasteiger partial charge in [-0.2, -0.15) is 0 Å².